The van der Waals surface area contributed by atoms with E-state index in [-0.39, 0.29) is 6.10 Å². The van der Waals surface area contributed by atoms with Crippen LogP contribution in [0.2, 0.25) is 0 Å². The molecule has 0 aliphatic heterocycles. The zero-order valence-electron chi connectivity index (χ0n) is 13.0. The van der Waals surface area contributed by atoms with Crippen LogP contribution in [0.4, 0.5) is 0 Å². The van der Waals surface area contributed by atoms with Crippen molar-refractivity contribution >= 4 is 11.3 Å². The highest BCUT2D eigenvalue weighted by atomic mass is 32.1. The van der Waals surface area contributed by atoms with Gasteiger partial charge in [0.05, 0.1) is 12.7 Å². The van der Waals surface area contributed by atoms with Gasteiger partial charge in [-0.1, -0.05) is 12.1 Å². The Kier molecular flexibility index (Phi) is 6.71. The maximum absolute atomic E-state index is 9.27. The summed E-state index contributed by atoms with van der Waals surface area (Å²) in [6.45, 7) is 6.13. The van der Waals surface area contributed by atoms with E-state index in [1.165, 1.54) is 4.88 Å². The second-order valence-electron chi connectivity index (χ2n) is 5.06. The van der Waals surface area contributed by atoms with E-state index < -0.39 is 0 Å². The first-order valence-corrected chi connectivity index (χ1v) is 8.36. The van der Waals surface area contributed by atoms with Gasteiger partial charge < -0.3 is 19.9 Å². The highest BCUT2D eigenvalue weighted by Crippen LogP contribution is 2.29. The SMILES string of the molecule is CCOc1cc(CNC[C@@H](C)O)ccc1OCc1cccs1. The largest absolute Gasteiger partial charge is 0.490 e. The molecule has 4 nitrogen and oxygen atoms in total. The molecule has 0 saturated heterocycles. The Morgan fingerprint density at radius 3 is 2.77 bits per heavy atom. The molecule has 0 spiro atoms. The fourth-order valence-electron chi connectivity index (χ4n) is 2.02. The summed E-state index contributed by atoms with van der Waals surface area (Å²) < 4.78 is 11.5. The molecule has 0 fully saturated rings. The number of benzene rings is 1. The van der Waals surface area contributed by atoms with Crippen LogP contribution in [0.3, 0.4) is 0 Å². The Balaban J connectivity index is 1.99. The number of thiophene rings is 1. The van der Waals surface area contributed by atoms with Gasteiger partial charge in [-0.25, -0.2) is 0 Å². The minimum Gasteiger partial charge on any atom is -0.490 e. The molecule has 0 aliphatic rings. The van der Waals surface area contributed by atoms with Crippen molar-refractivity contribution < 1.29 is 14.6 Å². The maximum Gasteiger partial charge on any atom is 0.161 e. The Hall–Kier alpha value is -1.56. The molecule has 0 unspecified atom stereocenters. The predicted octanol–water partition coefficient (Wildman–Crippen LogP) is 3.20. The minimum atomic E-state index is -0.347. The number of nitrogens with one attached hydrogen (secondary N) is 1. The number of aliphatic hydroxyl groups excluding tert-OH is 1. The molecule has 120 valence electrons. The summed E-state index contributed by atoms with van der Waals surface area (Å²) in [5, 5.41) is 14.5. The van der Waals surface area contributed by atoms with E-state index in [9.17, 15) is 5.11 Å². The van der Waals surface area contributed by atoms with Gasteiger partial charge in [-0.15, -0.1) is 11.3 Å². The van der Waals surface area contributed by atoms with E-state index in [1.54, 1.807) is 18.3 Å². The van der Waals surface area contributed by atoms with Gasteiger partial charge in [0.15, 0.2) is 11.5 Å². The number of rotatable bonds is 9. The van der Waals surface area contributed by atoms with Crippen molar-refractivity contribution in [2.45, 2.75) is 33.1 Å². The Bertz CT molecular complexity index is 555. The third-order valence-corrected chi connectivity index (χ3v) is 3.88. The maximum atomic E-state index is 9.27. The van der Waals surface area contributed by atoms with Crippen LogP contribution < -0.4 is 14.8 Å². The summed E-state index contributed by atoms with van der Waals surface area (Å²) in [6, 6.07) is 10.0. The first-order chi connectivity index (χ1) is 10.7. The first-order valence-electron chi connectivity index (χ1n) is 7.48. The van der Waals surface area contributed by atoms with E-state index in [0.29, 0.717) is 26.3 Å². The number of ether oxygens (including phenoxy) is 2. The van der Waals surface area contributed by atoms with Gasteiger partial charge in [0, 0.05) is 18.0 Å². The summed E-state index contributed by atoms with van der Waals surface area (Å²) in [4.78, 5) is 1.19. The third-order valence-electron chi connectivity index (χ3n) is 3.03. The van der Waals surface area contributed by atoms with Crippen molar-refractivity contribution in [3.05, 3.63) is 46.2 Å². The molecule has 0 bridgehead atoms. The smallest absolute Gasteiger partial charge is 0.161 e. The molecule has 0 radical (unpaired) electrons. The lowest BCUT2D eigenvalue weighted by Crippen LogP contribution is -2.23. The predicted molar refractivity (Wildman–Crippen MR) is 89.6 cm³/mol. The quantitative estimate of drug-likeness (QED) is 0.745. The van der Waals surface area contributed by atoms with Crippen LogP contribution in [0.15, 0.2) is 35.7 Å². The molecule has 5 heteroatoms. The van der Waals surface area contributed by atoms with Crippen molar-refractivity contribution in [1.82, 2.24) is 5.32 Å². The molecular formula is C17H23NO3S. The van der Waals surface area contributed by atoms with E-state index in [1.807, 2.05) is 36.6 Å². The lowest BCUT2D eigenvalue weighted by atomic mass is 10.2. The van der Waals surface area contributed by atoms with Crippen molar-refractivity contribution in [3.63, 3.8) is 0 Å². The van der Waals surface area contributed by atoms with Crippen LogP contribution in [0.5, 0.6) is 11.5 Å². The Morgan fingerprint density at radius 2 is 2.09 bits per heavy atom. The molecule has 22 heavy (non-hydrogen) atoms. The number of aliphatic hydroxyl groups is 1. The normalized spacial score (nSPS) is 12.1. The van der Waals surface area contributed by atoms with Crippen LogP contribution in [0.1, 0.15) is 24.3 Å². The van der Waals surface area contributed by atoms with Gasteiger partial charge >= 0.3 is 0 Å². The number of hydrogen-bond acceptors (Lipinski definition) is 5. The second kappa shape index (κ2) is 8.78. The molecule has 2 rings (SSSR count). The topological polar surface area (TPSA) is 50.7 Å². The highest BCUT2D eigenvalue weighted by Gasteiger charge is 2.07. The lowest BCUT2D eigenvalue weighted by Gasteiger charge is -2.14. The fourth-order valence-corrected chi connectivity index (χ4v) is 2.63. The molecule has 0 amide bonds. The average molecular weight is 321 g/mol. The molecule has 1 heterocycles. The van der Waals surface area contributed by atoms with E-state index in [4.69, 9.17) is 9.47 Å². The third kappa shape index (κ3) is 5.33. The van der Waals surface area contributed by atoms with Crippen molar-refractivity contribution in [1.29, 1.82) is 0 Å². The van der Waals surface area contributed by atoms with E-state index >= 15 is 0 Å². The summed E-state index contributed by atoms with van der Waals surface area (Å²) in [5.74, 6) is 1.52. The van der Waals surface area contributed by atoms with E-state index in [2.05, 4.69) is 11.4 Å². The molecule has 1 aromatic carbocycles. The van der Waals surface area contributed by atoms with Crippen LogP contribution in [0, 0.1) is 0 Å². The molecule has 0 saturated carbocycles. The zero-order valence-corrected chi connectivity index (χ0v) is 13.9. The highest BCUT2D eigenvalue weighted by molar-refractivity contribution is 7.09. The molecule has 1 atom stereocenters. The fraction of sp³-hybridized carbons (Fsp3) is 0.412. The average Bonchev–Trinajstić information content (AvgIpc) is 3.00. The van der Waals surface area contributed by atoms with Crippen LogP contribution in [-0.4, -0.2) is 24.4 Å². The van der Waals surface area contributed by atoms with Gasteiger partial charge in [-0.3, -0.25) is 0 Å². The van der Waals surface area contributed by atoms with E-state index in [0.717, 1.165) is 17.1 Å². The molecular weight excluding hydrogens is 298 g/mol. The standard InChI is InChI=1S/C17H23NO3S/c1-3-20-17-9-14(11-18-10-13(2)19)6-7-16(17)21-12-15-5-4-8-22-15/h4-9,13,18-19H,3,10-12H2,1-2H3/t13-/m1/s1. The van der Waals surface area contributed by atoms with Gasteiger partial charge in [0.2, 0.25) is 0 Å². The van der Waals surface area contributed by atoms with Gasteiger partial charge in [-0.05, 0) is 43.0 Å². The monoisotopic (exact) mass is 321 g/mol. The number of hydrogen-bond donors (Lipinski definition) is 2. The summed E-state index contributed by atoms with van der Waals surface area (Å²) in [7, 11) is 0. The first kappa shape index (κ1) is 16.8. The van der Waals surface area contributed by atoms with Gasteiger partial charge in [0.1, 0.15) is 6.61 Å². The van der Waals surface area contributed by atoms with Crippen molar-refractivity contribution in [2.24, 2.45) is 0 Å². The van der Waals surface area contributed by atoms with Crippen LogP contribution in [-0.2, 0) is 13.2 Å². The molecule has 0 aliphatic carbocycles. The zero-order chi connectivity index (χ0) is 15.8. The summed E-state index contributed by atoms with van der Waals surface area (Å²) in [6.07, 6.45) is -0.347. The summed E-state index contributed by atoms with van der Waals surface area (Å²) in [5.41, 5.74) is 1.10. The summed E-state index contributed by atoms with van der Waals surface area (Å²) >= 11 is 1.68. The minimum absolute atomic E-state index is 0.347. The molecule has 1 aromatic heterocycles. The van der Waals surface area contributed by atoms with Crippen molar-refractivity contribution in [2.75, 3.05) is 13.2 Å². The Labute approximate surface area is 135 Å². The second-order valence-corrected chi connectivity index (χ2v) is 6.09. The van der Waals surface area contributed by atoms with Gasteiger partial charge in [0.25, 0.3) is 0 Å². The van der Waals surface area contributed by atoms with Crippen molar-refractivity contribution in [3.8, 4) is 11.5 Å². The molecule has 2 N–H and O–H groups in total. The molecule has 2 aromatic rings. The van der Waals surface area contributed by atoms with Crippen LogP contribution >= 0.6 is 11.3 Å². The van der Waals surface area contributed by atoms with Crippen LogP contribution in [0.25, 0.3) is 0 Å². The lowest BCUT2D eigenvalue weighted by molar-refractivity contribution is 0.191. The van der Waals surface area contributed by atoms with Gasteiger partial charge in [-0.2, -0.15) is 0 Å². The Morgan fingerprint density at radius 1 is 1.23 bits per heavy atom.